The molecule has 1 aliphatic heterocycles. The zero-order valence-corrected chi connectivity index (χ0v) is 32.2. The average molecular weight is 699 g/mol. The van der Waals surface area contributed by atoms with Gasteiger partial charge >= 0.3 is 0 Å². The first-order valence-electron chi connectivity index (χ1n) is 17.5. The predicted molar refractivity (Wildman–Crippen MR) is 212 cm³/mol. The van der Waals surface area contributed by atoms with Gasteiger partial charge in [0.05, 0.1) is 14.2 Å². The molecule has 0 N–H and O–H groups in total. The van der Waals surface area contributed by atoms with E-state index < -0.39 is 5.60 Å². The second kappa shape index (κ2) is 11.6. The quantitative estimate of drug-likeness (QED) is 0.165. The predicted octanol–water partition coefficient (Wildman–Crippen LogP) is 12.1. The molecular formula is C45H46O3S2. The molecule has 0 saturated heterocycles. The van der Waals surface area contributed by atoms with Gasteiger partial charge in [0.1, 0.15) is 17.2 Å². The van der Waals surface area contributed by atoms with E-state index in [2.05, 4.69) is 126 Å². The molecule has 1 atom stereocenters. The molecule has 0 bridgehead atoms. The summed E-state index contributed by atoms with van der Waals surface area (Å²) in [5.41, 5.74) is 9.40. The van der Waals surface area contributed by atoms with Gasteiger partial charge < -0.3 is 14.2 Å². The van der Waals surface area contributed by atoms with Gasteiger partial charge in [0.25, 0.3) is 0 Å². The number of fused-ring (bicyclic) bond motifs is 10. The molecule has 3 aliphatic rings. The molecule has 256 valence electrons. The third kappa shape index (κ3) is 4.65. The van der Waals surface area contributed by atoms with Crippen molar-refractivity contribution in [2.45, 2.75) is 68.3 Å². The van der Waals surface area contributed by atoms with Crippen LogP contribution >= 0.6 is 23.5 Å². The third-order valence-corrected chi connectivity index (χ3v) is 13.8. The van der Waals surface area contributed by atoms with Crippen molar-refractivity contribution in [2.24, 2.45) is 10.8 Å². The highest BCUT2D eigenvalue weighted by molar-refractivity contribution is 7.98. The van der Waals surface area contributed by atoms with Gasteiger partial charge in [0, 0.05) is 37.3 Å². The molecule has 2 aliphatic carbocycles. The monoisotopic (exact) mass is 698 g/mol. The molecule has 5 aromatic carbocycles. The van der Waals surface area contributed by atoms with E-state index in [0.717, 1.165) is 51.5 Å². The van der Waals surface area contributed by atoms with Gasteiger partial charge in [0.15, 0.2) is 5.60 Å². The number of aryl methyl sites for hydroxylation is 1. The summed E-state index contributed by atoms with van der Waals surface area (Å²) in [6, 6.07) is 28.9. The lowest BCUT2D eigenvalue weighted by molar-refractivity contribution is 0.157. The summed E-state index contributed by atoms with van der Waals surface area (Å²) in [5.74, 6) is 2.61. The van der Waals surface area contributed by atoms with Crippen LogP contribution in [0.2, 0.25) is 0 Å². The summed E-state index contributed by atoms with van der Waals surface area (Å²) in [6.45, 7) is 12.0. The van der Waals surface area contributed by atoms with Crippen molar-refractivity contribution in [1.82, 2.24) is 0 Å². The van der Waals surface area contributed by atoms with Crippen LogP contribution in [0.1, 0.15) is 73.9 Å². The van der Waals surface area contributed by atoms with Crippen molar-refractivity contribution in [2.75, 3.05) is 26.7 Å². The molecule has 0 aromatic heterocycles. The van der Waals surface area contributed by atoms with Crippen LogP contribution in [0.25, 0.3) is 28.0 Å². The van der Waals surface area contributed by atoms with E-state index in [1.165, 1.54) is 43.7 Å². The van der Waals surface area contributed by atoms with Crippen molar-refractivity contribution in [3.63, 3.8) is 0 Å². The topological polar surface area (TPSA) is 27.7 Å². The lowest BCUT2D eigenvalue weighted by Crippen LogP contribution is -2.35. The Kier molecular flexibility index (Phi) is 7.75. The van der Waals surface area contributed by atoms with Crippen molar-refractivity contribution in [1.29, 1.82) is 0 Å². The molecule has 3 nitrogen and oxygen atoms in total. The minimum atomic E-state index is -0.849. The fourth-order valence-electron chi connectivity index (χ4n) is 9.18. The van der Waals surface area contributed by atoms with E-state index in [0.29, 0.717) is 0 Å². The highest BCUT2D eigenvalue weighted by Crippen LogP contribution is 2.70. The molecule has 0 amide bonds. The Labute approximate surface area is 305 Å². The van der Waals surface area contributed by atoms with Crippen LogP contribution in [0.5, 0.6) is 17.2 Å². The summed E-state index contributed by atoms with van der Waals surface area (Å²) < 4.78 is 19.3. The zero-order valence-electron chi connectivity index (χ0n) is 30.6. The van der Waals surface area contributed by atoms with Crippen LogP contribution in [0.3, 0.4) is 0 Å². The number of hydrogen-bond acceptors (Lipinski definition) is 5. The maximum absolute atomic E-state index is 7.67. The molecule has 0 radical (unpaired) electrons. The van der Waals surface area contributed by atoms with E-state index in [4.69, 9.17) is 14.2 Å². The summed E-state index contributed by atoms with van der Waals surface area (Å²) in [7, 11) is 3.48. The minimum absolute atomic E-state index is 0.126. The Hall–Kier alpha value is -3.80. The molecule has 1 unspecified atom stereocenters. The van der Waals surface area contributed by atoms with E-state index >= 15 is 0 Å². The molecule has 50 heavy (non-hydrogen) atoms. The number of benzene rings is 5. The molecule has 1 spiro atoms. The molecule has 5 heteroatoms. The van der Waals surface area contributed by atoms with Crippen LogP contribution < -0.4 is 14.2 Å². The summed E-state index contributed by atoms with van der Waals surface area (Å²) in [6.07, 6.45) is 11.2. The molecule has 1 saturated carbocycles. The van der Waals surface area contributed by atoms with Gasteiger partial charge in [-0.15, -0.1) is 23.5 Å². The Bertz CT molecular complexity index is 2180. The van der Waals surface area contributed by atoms with Crippen LogP contribution in [0.4, 0.5) is 0 Å². The van der Waals surface area contributed by atoms with Crippen molar-refractivity contribution < 1.29 is 14.2 Å². The highest BCUT2D eigenvalue weighted by Gasteiger charge is 2.60. The molecule has 8 rings (SSSR count). The second-order valence-electron chi connectivity index (χ2n) is 15.6. The lowest BCUT2D eigenvalue weighted by atomic mass is 9.71. The van der Waals surface area contributed by atoms with Crippen LogP contribution in [-0.2, 0) is 11.0 Å². The SMILES string of the molecule is COc1ccc(C2(c3ccc(C)cc3)C=Cc3c4c(c5cc(SC)c(OC)cc5c3O2)-c2ccc(SC)cc2C42CC(C)(C)C(C)(C)C2)cc1. The average Bonchev–Trinajstić information content (AvgIpc) is 3.50. The van der Waals surface area contributed by atoms with Gasteiger partial charge in [0.2, 0.25) is 0 Å². The first kappa shape index (κ1) is 33.3. The number of methoxy groups -OCH3 is 2. The lowest BCUT2D eigenvalue weighted by Gasteiger charge is -2.39. The Morgan fingerprint density at radius 3 is 1.98 bits per heavy atom. The number of thioether (sulfide) groups is 2. The molecule has 5 aromatic rings. The maximum atomic E-state index is 7.67. The summed E-state index contributed by atoms with van der Waals surface area (Å²) in [4.78, 5) is 2.44. The van der Waals surface area contributed by atoms with Crippen LogP contribution in [0, 0.1) is 17.8 Å². The first-order valence-corrected chi connectivity index (χ1v) is 19.9. The fraction of sp³-hybridized carbons (Fsp3) is 0.333. The molecule has 1 heterocycles. The van der Waals surface area contributed by atoms with E-state index in [-0.39, 0.29) is 16.2 Å². The summed E-state index contributed by atoms with van der Waals surface area (Å²) in [5, 5.41) is 2.31. The summed E-state index contributed by atoms with van der Waals surface area (Å²) >= 11 is 3.56. The standard InChI is InChI=1S/C45H46O3S2/c1-27-10-12-28(13-11-27)45(29-14-16-30(46-6)17-15-29)21-20-33-40-39(34-24-38(50-9)37(47-7)23-35(34)41(33)48-45)32-19-18-31(49-8)22-36(32)44(40)25-42(2,3)43(4,5)26-44/h10-24H,25-26H2,1-9H3. The molecule has 1 fully saturated rings. The fourth-order valence-corrected chi connectivity index (χ4v) is 10.2. The van der Waals surface area contributed by atoms with Gasteiger partial charge in [-0.1, -0.05) is 81.8 Å². The minimum Gasteiger partial charge on any atom is -0.497 e. The smallest absolute Gasteiger partial charge is 0.178 e. The van der Waals surface area contributed by atoms with Gasteiger partial charge in [-0.2, -0.15) is 0 Å². The van der Waals surface area contributed by atoms with Crippen LogP contribution in [-0.4, -0.2) is 26.7 Å². The normalized spacial score (nSPS) is 20.3. The number of ether oxygens (including phenoxy) is 3. The van der Waals surface area contributed by atoms with E-state index in [1.807, 2.05) is 23.9 Å². The Balaban J connectivity index is 1.50. The van der Waals surface area contributed by atoms with Gasteiger partial charge in [-0.3, -0.25) is 0 Å². The van der Waals surface area contributed by atoms with E-state index in [1.54, 1.807) is 26.0 Å². The van der Waals surface area contributed by atoms with Crippen molar-refractivity contribution in [3.8, 4) is 28.4 Å². The third-order valence-electron chi connectivity index (χ3n) is 12.4. The van der Waals surface area contributed by atoms with Crippen LogP contribution in [0.15, 0.2) is 94.7 Å². The Morgan fingerprint density at radius 1 is 0.720 bits per heavy atom. The first-order chi connectivity index (χ1) is 23.9. The second-order valence-corrected chi connectivity index (χ2v) is 17.4. The van der Waals surface area contributed by atoms with Crippen molar-refractivity contribution >= 4 is 40.4 Å². The maximum Gasteiger partial charge on any atom is 0.178 e. The zero-order chi connectivity index (χ0) is 35.2. The number of rotatable bonds is 6. The van der Waals surface area contributed by atoms with Crippen molar-refractivity contribution in [3.05, 3.63) is 118 Å². The largest absolute Gasteiger partial charge is 0.497 e. The van der Waals surface area contributed by atoms with Gasteiger partial charge in [-0.25, -0.2) is 0 Å². The van der Waals surface area contributed by atoms with Gasteiger partial charge in [-0.05, 0) is 113 Å². The highest BCUT2D eigenvalue weighted by atomic mass is 32.2. The number of hydrogen-bond donors (Lipinski definition) is 0. The molecular weight excluding hydrogens is 653 g/mol. The Morgan fingerprint density at radius 2 is 1.38 bits per heavy atom. The van der Waals surface area contributed by atoms with E-state index in [9.17, 15) is 0 Å².